The summed E-state index contributed by atoms with van der Waals surface area (Å²) in [6, 6.07) is 0.520. The molecule has 0 spiro atoms. The van der Waals surface area contributed by atoms with Gasteiger partial charge in [-0.3, -0.25) is 4.79 Å². The van der Waals surface area contributed by atoms with Crippen molar-refractivity contribution in [2.24, 2.45) is 11.8 Å². The molecule has 2 aliphatic rings. The van der Waals surface area contributed by atoms with Crippen molar-refractivity contribution in [2.45, 2.75) is 13.8 Å². The second-order valence-electron chi connectivity index (χ2n) is 5.53. The maximum Gasteiger partial charge on any atom is 0.318 e. The quantitative estimate of drug-likeness (QED) is 0.776. The molecule has 1 aromatic rings. The lowest BCUT2D eigenvalue weighted by Gasteiger charge is -2.30. The Hall–Kier alpha value is -1.63. The zero-order valence-electron chi connectivity index (χ0n) is 11.9. The number of aryl methyl sites for hydroxylation is 1. The maximum absolute atomic E-state index is 12.6. The van der Waals surface area contributed by atoms with E-state index in [0.29, 0.717) is 44.8 Å². The number of carbonyl (C=O) groups is 1. The van der Waals surface area contributed by atoms with E-state index < -0.39 is 0 Å². The van der Waals surface area contributed by atoms with Crippen LogP contribution in [0.1, 0.15) is 12.8 Å². The number of hydrogen-bond acceptors (Lipinski definition) is 6. The summed E-state index contributed by atoms with van der Waals surface area (Å²) in [6.45, 7) is 7.97. The highest BCUT2D eigenvalue weighted by atomic mass is 16.5. The van der Waals surface area contributed by atoms with Gasteiger partial charge in [-0.15, -0.1) is 5.10 Å². The highest BCUT2D eigenvalue weighted by molar-refractivity contribution is 5.80. The molecule has 0 bridgehead atoms. The van der Waals surface area contributed by atoms with Crippen molar-refractivity contribution < 1.29 is 13.9 Å². The van der Waals surface area contributed by atoms with E-state index in [1.807, 2.05) is 9.80 Å². The molecule has 2 atom stereocenters. The largest absolute Gasteiger partial charge is 0.408 e. The van der Waals surface area contributed by atoms with Gasteiger partial charge < -0.3 is 19.0 Å². The third-order valence-corrected chi connectivity index (χ3v) is 4.04. The van der Waals surface area contributed by atoms with E-state index in [4.69, 9.17) is 9.15 Å². The number of morpholine rings is 1. The standard InChI is InChI=1S/C13H20N4O3/c1-9-7-17(13-15-14-10(2)20-13)8-11(9)12(18)16-3-5-19-6-4-16/h9,11H,3-8H2,1-2H3/t9-,11-/m1/s1. The molecule has 2 aliphatic heterocycles. The summed E-state index contributed by atoms with van der Waals surface area (Å²) in [5.74, 6) is 1.06. The molecule has 0 aliphatic carbocycles. The van der Waals surface area contributed by atoms with Crippen molar-refractivity contribution in [3.8, 4) is 0 Å². The Kier molecular flexibility index (Phi) is 3.60. The Morgan fingerprint density at radius 2 is 2.00 bits per heavy atom. The van der Waals surface area contributed by atoms with Crippen molar-refractivity contribution >= 4 is 11.9 Å². The van der Waals surface area contributed by atoms with Crippen LogP contribution >= 0.6 is 0 Å². The first-order valence-electron chi connectivity index (χ1n) is 7.06. The fourth-order valence-electron chi connectivity index (χ4n) is 2.88. The number of amides is 1. The Bertz CT molecular complexity index is 484. The van der Waals surface area contributed by atoms with E-state index in [1.165, 1.54) is 0 Å². The van der Waals surface area contributed by atoms with Crippen molar-refractivity contribution in [3.05, 3.63) is 5.89 Å². The second kappa shape index (κ2) is 5.40. The number of ether oxygens (including phenoxy) is 1. The predicted octanol–water partition coefficient (Wildman–Crippen LogP) is 0.309. The van der Waals surface area contributed by atoms with Gasteiger partial charge in [0.1, 0.15) is 0 Å². The van der Waals surface area contributed by atoms with Crippen LogP contribution in [0.2, 0.25) is 0 Å². The first kappa shape index (κ1) is 13.4. The van der Waals surface area contributed by atoms with Crippen LogP contribution in [-0.4, -0.2) is 60.4 Å². The Labute approximate surface area is 117 Å². The molecule has 3 heterocycles. The molecule has 2 fully saturated rings. The second-order valence-corrected chi connectivity index (χ2v) is 5.53. The molecule has 0 unspecified atom stereocenters. The molecule has 0 radical (unpaired) electrons. The van der Waals surface area contributed by atoms with Crippen LogP contribution in [0.4, 0.5) is 6.01 Å². The molecule has 0 aromatic carbocycles. The highest BCUT2D eigenvalue weighted by Gasteiger charge is 2.39. The van der Waals surface area contributed by atoms with Crippen LogP contribution < -0.4 is 4.90 Å². The van der Waals surface area contributed by atoms with Gasteiger partial charge in [-0.05, 0) is 5.92 Å². The average Bonchev–Trinajstić information content (AvgIpc) is 3.05. The molecule has 0 N–H and O–H groups in total. The van der Waals surface area contributed by atoms with E-state index in [0.717, 1.165) is 6.54 Å². The van der Waals surface area contributed by atoms with E-state index in [2.05, 4.69) is 17.1 Å². The number of hydrogen-bond donors (Lipinski definition) is 0. The number of aromatic nitrogens is 2. The summed E-state index contributed by atoms with van der Waals surface area (Å²) in [6.07, 6.45) is 0. The molecule has 2 saturated heterocycles. The minimum atomic E-state index is 0.000283. The number of carbonyl (C=O) groups excluding carboxylic acids is 1. The first-order chi connectivity index (χ1) is 9.65. The topological polar surface area (TPSA) is 71.7 Å². The molecule has 20 heavy (non-hydrogen) atoms. The lowest BCUT2D eigenvalue weighted by atomic mass is 9.96. The van der Waals surface area contributed by atoms with Gasteiger partial charge >= 0.3 is 6.01 Å². The van der Waals surface area contributed by atoms with Crippen LogP contribution in [0.15, 0.2) is 4.42 Å². The number of anilines is 1. The first-order valence-corrected chi connectivity index (χ1v) is 7.06. The van der Waals surface area contributed by atoms with Crippen molar-refractivity contribution in [1.29, 1.82) is 0 Å². The molecule has 1 amide bonds. The smallest absolute Gasteiger partial charge is 0.318 e. The van der Waals surface area contributed by atoms with Crippen molar-refractivity contribution in [1.82, 2.24) is 15.1 Å². The van der Waals surface area contributed by atoms with Crippen molar-refractivity contribution in [3.63, 3.8) is 0 Å². The number of nitrogens with zero attached hydrogens (tertiary/aromatic N) is 4. The summed E-state index contributed by atoms with van der Waals surface area (Å²) in [5.41, 5.74) is 0. The lowest BCUT2D eigenvalue weighted by Crippen LogP contribution is -2.45. The maximum atomic E-state index is 12.6. The Balaban J connectivity index is 1.67. The molecule has 3 rings (SSSR count). The summed E-state index contributed by atoms with van der Waals surface area (Å²) < 4.78 is 10.7. The Morgan fingerprint density at radius 1 is 1.25 bits per heavy atom. The normalized spacial score (nSPS) is 27.1. The molecular formula is C13H20N4O3. The highest BCUT2D eigenvalue weighted by Crippen LogP contribution is 2.28. The minimum absolute atomic E-state index is 0.000283. The molecule has 7 heteroatoms. The van der Waals surface area contributed by atoms with Gasteiger partial charge in [0.15, 0.2) is 0 Å². The molecule has 110 valence electrons. The van der Waals surface area contributed by atoms with E-state index in [1.54, 1.807) is 6.92 Å². The van der Waals surface area contributed by atoms with Crippen LogP contribution in [-0.2, 0) is 9.53 Å². The minimum Gasteiger partial charge on any atom is -0.408 e. The average molecular weight is 280 g/mol. The van der Waals surface area contributed by atoms with Crippen LogP contribution in [0.3, 0.4) is 0 Å². The fraction of sp³-hybridized carbons (Fsp3) is 0.769. The molecular weight excluding hydrogens is 260 g/mol. The fourth-order valence-corrected chi connectivity index (χ4v) is 2.88. The third kappa shape index (κ3) is 2.49. The third-order valence-electron chi connectivity index (χ3n) is 4.04. The summed E-state index contributed by atoms with van der Waals surface area (Å²) >= 11 is 0. The van der Waals surface area contributed by atoms with Gasteiger partial charge in [0, 0.05) is 33.1 Å². The van der Waals surface area contributed by atoms with Crippen LogP contribution in [0.25, 0.3) is 0 Å². The van der Waals surface area contributed by atoms with E-state index in [-0.39, 0.29) is 17.7 Å². The van der Waals surface area contributed by atoms with E-state index >= 15 is 0 Å². The summed E-state index contributed by atoms with van der Waals surface area (Å²) in [4.78, 5) is 16.5. The van der Waals surface area contributed by atoms with Gasteiger partial charge in [0.05, 0.1) is 19.1 Å². The van der Waals surface area contributed by atoms with Crippen LogP contribution in [0.5, 0.6) is 0 Å². The predicted molar refractivity (Wildman–Crippen MR) is 71.3 cm³/mol. The molecule has 0 saturated carbocycles. The molecule has 1 aromatic heterocycles. The lowest BCUT2D eigenvalue weighted by molar-refractivity contribution is -0.140. The van der Waals surface area contributed by atoms with Gasteiger partial charge in [-0.25, -0.2) is 0 Å². The Morgan fingerprint density at radius 3 is 2.65 bits per heavy atom. The van der Waals surface area contributed by atoms with Crippen LogP contribution in [0, 0.1) is 18.8 Å². The number of rotatable bonds is 2. The van der Waals surface area contributed by atoms with E-state index in [9.17, 15) is 4.79 Å². The zero-order valence-corrected chi connectivity index (χ0v) is 11.9. The van der Waals surface area contributed by atoms with Gasteiger partial charge in [0.25, 0.3) is 0 Å². The zero-order chi connectivity index (χ0) is 14.1. The van der Waals surface area contributed by atoms with Gasteiger partial charge in [0.2, 0.25) is 11.8 Å². The van der Waals surface area contributed by atoms with Crippen molar-refractivity contribution in [2.75, 3.05) is 44.3 Å². The summed E-state index contributed by atoms with van der Waals surface area (Å²) in [5, 5.41) is 7.88. The molecule has 7 nitrogen and oxygen atoms in total. The monoisotopic (exact) mass is 280 g/mol. The van der Waals surface area contributed by atoms with Gasteiger partial charge in [-0.1, -0.05) is 12.0 Å². The van der Waals surface area contributed by atoms with Gasteiger partial charge in [-0.2, -0.15) is 0 Å². The summed E-state index contributed by atoms with van der Waals surface area (Å²) in [7, 11) is 0. The SMILES string of the molecule is Cc1nnc(N2C[C@@H](C)[C@H](C(=O)N3CCOCC3)C2)o1.